The maximum absolute atomic E-state index is 12.5. The lowest BCUT2D eigenvalue weighted by Crippen LogP contribution is -2.50. The van der Waals surface area contributed by atoms with Crippen LogP contribution in [0.4, 0.5) is 10.5 Å². The number of rotatable bonds is 5. The second-order valence-corrected chi connectivity index (χ2v) is 7.18. The van der Waals surface area contributed by atoms with Crippen molar-refractivity contribution in [1.82, 2.24) is 16.0 Å². The van der Waals surface area contributed by atoms with Gasteiger partial charge in [0.05, 0.1) is 0 Å². The van der Waals surface area contributed by atoms with E-state index in [1.165, 1.54) is 11.3 Å². The topological polar surface area (TPSA) is 73.5 Å². The molecule has 0 bridgehead atoms. The summed E-state index contributed by atoms with van der Waals surface area (Å²) >= 11 is 0. The van der Waals surface area contributed by atoms with E-state index in [9.17, 15) is 9.59 Å². The molecule has 1 heterocycles. The molecule has 0 aliphatic carbocycles. The minimum Gasteiger partial charge on any atom is -0.371 e. The first kappa shape index (κ1) is 19.7. The normalized spacial score (nSPS) is 15.6. The summed E-state index contributed by atoms with van der Waals surface area (Å²) in [5.41, 5.74) is 3.23. The molecule has 3 amide bonds. The molecular formula is C22H28N4O2. The monoisotopic (exact) mass is 380 g/mol. The molecule has 28 heavy (non-hydrogen) atoms. The molecule has 1 fully saturated rings. The van der Waals surface area contributed by atoms with Gasteiger partial charge in [0.25, 0.3) is 0 Å². The molecule has 2 aromatic carbocycles. The minimum atomic E-state index is -0.710. The Hall–Kier alpha value is -3.02. The van der Waals surface area contributed by atoms with Crippen molar-refractivity contribution in [2.75, 3.05) is 25.0 Å². The van der Waals surface area contributed by atoms with E-state index in [0.29, 0.717) is 0 Å². The number of likely N-dealkylation sites (N-methyl/N-ethyl adjacent to an activating group) is 1. The maximum atomic E-state index is 12.5. The number of nitrogens with zero attached hydrogens (tertiary/aromatic N) is 1. The summed E-state index contributed by atoms with van der Waals surface area (Å²) in [6.45, 7) is 3.88. The summed E-state index contributed by atoms with van der Waals surface area (Å²) in [4.78, 5) is 27.1. The number of hydrogen-bond donors (Lipinski definition) is 3. The molecule has 1 saturated heterocycles. The maximum Gasteiger partial charge on any atom is 0.315 e. The Bertz CT molecular complexity index is 801. The van der Waals surface area contributed by atoms with Crippen molar-refractivity contribution in [2.24, 2.45) is 0 Å². The smallest absolute Gasteiger partial charge is 0.315 e. The van der Waals surface area contributed by atoms with Gasteiger partial charge in [-0.15, -0.1) is 0 Å². The number of hydrogen-bond acceptors (Lipinski definition) is 3. The SMILES string of the molecule is CNC(=O)[C@H](NC(=O)NC1CCN(c2cccc(C)c2)CC1)c1ccccc1. The zero-order valence-corrected chi connectivity index (χ0v) is 16.4. The lowest BCUT2D eigenvalue weighted by atomic mass is 10.0. The predicted octanol–water partition coefficient (Wildman–Crippen LogP) is 2.75. The van der Waals surface area contributed by atoms with Crippen LogP contribution in [0.3, 0.4) is 0 Å². The Morgan fingerprint density at radius 3 is 2.39 bits per heavy atom. The van der Waals surface area contributed by atoms with Crippen molar-refractivity contribution in [2.45, 2.75) is 31.8 Å². The van der Waals surface area contributed by atoms with Crippen LogP contribution in [0.15, 0.2) is 54.6 Å². The first-order chi connectivity index (χ1) is 13.6. The predicted molar refractivity (Wildman–Crippen MR) is 111 cm³/mol. The molecule has 0 radical (unpaired) electrons. The van der Waals surface area contributed by atoms with Crippen LogP contribution in [0.25, 0.3) is 0 Å². The molecular weight excluding hydrogens is 352 g/mol. The van der Waals surface area contributed by atoms with Gasteiger partial charge in [0.1, 0.15) is 6.04 Å². The van der Waals surface area contributed by atoms with Crippen LogP contribution in [-0.2, 0) is 4.79 Å². The number of carbonyl (C=O) groups is 2. The number of anilines is 1. The number of amides is 3. The number of nitrogens with one attached hydrogen (secondary N) is 3. The van der Waals surface area contributed by atoms with Crippen LogP contribution in [-0.4, -0.2) is 38.1 Å². The lowest BCUT2D eigenvalue weighted by Gasteiger charge is -2.34. The highest BCUT2D eigenvalue weighted by atomic mass is 16.2. The van der Waals surface area contributed by atoms with Crippen LogP contribution in [0.1, 0.15) is 30.0 Å². The van der Waals surface area contributed by atoms with Crippen LogP contribution in [0.2, 0.25) is 0 Å². The van der Waals surface area contributed by atoms with Crippen molar-refractivity contribution in [3.05, 3.63) is 65.7 Å². The van der Waals surface area contributed by atoms with E-state index >= 15 is 0 Å². The highest BCUT2D eigenvalue weighted by Crippen LogP contribution is 2.21. The second-order valence-electron chi connectivity index (χ2n) is 7.18. The number of urea groups is 1. The molecule has 0 aromatic heterocycles. The number of benzene rings is 2. The first-order valence-electron chi connectivity index (χ1n) is 9.72. The van der Waals surface area contributed by atoms with Crippen molar-refractivity contribution in [3.63, 3.8) is 0 Å². The van der Waals surface area contributed by atoms with Crippen LogP contribution in [0.5, 0.6) is 0 Å². The average Bonchev–Trinajstić information content (AvgIpc) is 2.72. The second kappa shape index (κ2) is 9.26. The van der Waals surface area contributed by atoms with Gasteiger partial charge in [0.2, 0.25) is 5.91 Å². The molecule has 1 atom stereocenters. The van der Waals surface area contributed by atoms with Crippen molar-refractivity contribution in [1.29, 1.82) is 0 Å². The van der Waals surface area contributed by atoms with Gasteiger partial charge in [-0.1, -0.05) is 42.5 Å². The average molecular weight is 380 g/mol. The van der Waals surface area contributed by atoms with Gasteiger partial charge >= 0.3 is 6.03 Å². The van der Waals surface area contributed by atoms with Gasteiger partial charge in [-0.05, 0) is 43.0 Å². The zero-order valence-electron chi connectivity index (χ0n) is 16.4. The van der Waals surface area contributed by atoms with E-state index in [1.54, 1.807) is 7.05 Å². The van der Waals surface area contributed by atoms with E-state index in [4.69, 9.17) is 0 Å². The van der Waals surface area contributed by atoms with E-state index in [-0.39, 0.29) is 18.0 Å². The zero-order chi connectivity index (χ0) is 19.9. The fraction of sp³-hybridized carbons (Fsp3) is 0.364. The molecule has 0 spiro atoms. The third-order valence-corrected chi connectivity index (χ3v) is 5.11. The summed E-state index contributed by atoms with van der Waals surface area (Å²) in [5.74, 6) is -0.240. The van der Waals surface area contributed by atoms with Gasteiger partial charge in [-0.25, -0.2) is 4.79 Å². The van der Waals surface area contributed by atoms with Crippen molar-refractivity contribution in [3.8, 4) is 0 Å². The lowest BCUT2D eigenvalue weighted by molar-refractivity contribution is -0.122. The van der Waals surface area contributed by atoms with Crippen LogP contribution in [0, 0.1) is 6.92 Å². The Labute approximate surface area is 166 Å². The number of aryl methyl sites for hydroxylation is 1. The van der Waals surface area contributed by atoms with E-state index in [2.05, 4.69) is 52.0 Å². The fourth-order valence-corrected chi connectivity index (χ4v) is 3.55. The third-order valence-electron chi connectivity index (χ3n) is 5.11. The standard InChI is InChI=1S/C22H28N4O2/c1-16-7-6-10-19(15-16)26-13-11-18(12-14-26)24-22(28)25-20(21(27)23-2)17-8-4-3-5-9-17/h3-10,15,18,20H,11-14H2,1-2H3,(H,23,27)(H2,24,25,28)/t20-/m1/s1. The van der Waals surface area contributed by atoms with Gasteiger partial charge in [-0.2, -0.15) is 0 Å². The molecule has 2 aromatic rings. The first-order valence-corrected chi connectivity index (χ1v) is 9.72. The molecule has 0 unspecified atom stereocenters. The number of carbonyl (C=O) groups excluding carboxylic acids is 2. The van der Waals surface area contributed by atoms with Crippen LogP contribution >= 0.6 is 0 Å². The largest absolute Gasteiger partial charge is 0.371 e. The van der Waals surface area contributed by atoms with Crippen LogP contribution < -0.4 is 20.9 Å². The Kier molecular flexibility index (Phi) is 6.53. The quantitative estimate of drug-likeness (QED) is 0.747. The molecule has 3 N–H and O–H groups in total. The molecule has 1 aliphatic rings. The highest BCUT2D eigenvalue weighted by molar-refractivity contribution is 5.88. The van der Waals surface area contributed by atoms with Gasteiger partial charge in [0, 0.05) is 31.9 Å². The summed E-state index contributed by atoms with van der Waals surface area (Å²) in [7, 11) is 1.57. The summed E-state index contributed by atoms with van der Waals surface area (Å²) in [5, 5.41) is 8.44. The summed E-state index contributed by atoms with van der Waals surface area (Å²) in [6, 6.07) is 16.8. The van der Waals surface area contributed by atoms with Gasteiger partial charge < -0.3 is 20.9 Å². The summed E-state index contributed by atoms with van der Waals surface area (Å²) in [6.07, 6.45) is 1.74. The molecule has 6 nitrogen and oxygen atoms in total. The third kappa shape index (κ3) is 5.03. The molecule has 3 rings (SSSR count). The van der Waals surface area contributed by atoms with Gasteiger partial charge in [-0.3, -0.25) is 4.79 Å². The molecule has 148 valence electrons. The summed E-state index contributed by atoms with van der Waals surface area (Å²) < 4.78 is 0. The van der Waals surface area contributed by atoms with E-state index < -0.39 is 6.04 Å². The Morgan fingerprint density at radius 1 is 1.04 bits per heavy atom. The number of piperidine rings is 1. The highest BCUT2D eigenvalue weighted by Gasteiger charge is 2.25. The molecule has 1 aliphatic heterocycles. The van der Waals surface area contributed by atoms with Gasteiger partial charge in [0.15, 0.2) is 0 Å². The molecule has 0 saturated carbocycles. The van der Waals surface area contributed by atoms with E-state index in [0.717, 1.165) is 31.5 Å². The minimum absolute atomic E-state index is 0.0992. The Balaban J connectivity index is 1.54. The molecule has 6 heteroatoms. The van der Waals surface area contributed by atoms with E-state index in [1.807, 2.05) is 30.3 Å². The Morgan fingerprint density at radius 2 is 1.75 bits per heavy atom. The fourth-order valence-electron chi connectivity index (χ4n) is 3.55. The van der Waals surface area contributed by atoms with Crippen molar-refractivity contribution >= 4 is 17.6 Å². The van der Waals surface area contributed by atoms with Crippen molar-refractivity contribution < 1.29 is 9.59 Å².